The van der Waals surface area contributed by atoms with E-state index < -0.39 is 23.6 Å². The fourth-order valence-corrected chi connectivity index (χ4v) is 3.33. The Hall–Kier alpha value is -3.94. The van der Waals surface area contributed by atoms with Crippen molar-refractivity contribution in [2.24, 2.45) is 0 Å². The molecule has 0 spiro atoms. The van der Waals surface area contributed by atoms with Crippen molar-refractivity contribution in [3.8, 4) is 11.5 Å². The first-order valence-corrected chi connectivity index (χ1v) is 9.99. The van der Waals surface area contributed by atoms with Gasteiger partial charge in [0.05, 0.1) is 12.2 Å². The number of benzene rings is 3. The summed E-state index contributed by atoms with van der Waals surface area (Å²) in [4.78, 5) is 26.7. The minimum Gasteiger partial charge on any atom is -0.492 e. The Morgan fingerprint density at radius 3 is 2.59 bits per heavy atom. The molecule has 1 N–H and O–H groups in total. The van der Waals surface area contributed by atoms with E-state index in [4.69, 9.17) is 9.47 Å². The van der Waals surface area contributed by atoms with Crippen LogP contribution in [0.25, 0.3) is 0 Å². The van der Waals surface area contributed by atoms with Gasteiger partial charge in [0.25, 0.3) is 11.8 Å². The summed E-state index contributed by atoms with van der Waals surface area (Å²) >= 11 is 0. The van der Waals surface area contributed by atoms with Gasteiger partial charge in [-0.1, -0.05) is 18.2 Å². The molecule has 0 aromatic heterocycles. The third kappa shape index (κ3) is 4.54. The van der Waals surface area contributed by atoms with E-state index >= 15 is 0 Å². The van der Waals surface area contributed by atoms with Gasteiger partial charge in [-0.15, -0.1) is 0 Å². The first kappa shape index (κ1) is 21.3. The number of carbonyl (C=O) groups excluding carboxylic acids is 2. The van der Waals surface area contributed by atoms with Crippen LogP contribution in [0.5, 0.6) is 11.5 Å². The predicted molar refractivity (Wildman–Crippen MR) is 115 cm³/mol. The first-order chi connectivity index (χ1) is 15.4. The van der Waals surface area contributed by atoms with Crippen molar-refractivity contribution in [2.75, 3.05) is 23.4 Å². The average molecular weight is 438 g/mol. The molecule has 6 nitrogen and oxygen atoms in total. The molecule has 1 aliphatic rings. The van der Waals surface area contributed by atoms with E-state index in [1.165, 1.54) is 6.07 Å². The summed E-state index contributed by atoms with van der Waals surface area (Å²) < 4.78 is 38.0. The molecule has 1 heterocycles. The Balaban J connectivity index is 1.52. The van der Waals surface area contributed by atoms with Crippen LogP contribution in [0.3, 0.4) is 0 Å². The number of para-hydroxylation sites is 1. The van der Waals surface area contributed by atoms with E-state index in [1.807, 2.05) is 30.3 Å². The molecule has 2 amide bonds. The van der Waals surface area contributed by atoms with Gasteiger partial charge in [0.1, 0.15) is 18.1 Å². The van der Waals surface area contributed by atoms with Crippen molar-refractivity contribution in [3.63, 3.8) is 0 Å². The number of nitrogens with one attached hydrogen (secondary N) is 1. The predicted octanol–water partition coefficient (Wildman–Crippen LogP) is 4.41. The molecule has 32 heavy (non-hydrogen) atoms. The summed E-state index contributed by atoms with van der Waals surface area (Å²) in [6, 6.07) is 17.0. The fraction of sp³-hybridized carbons (Fsp3) is 0.167. The van der Waals surface area contributed by atoms with E-state index in [0.29, 0.717) is 22.9 Å². The van der Waals surface area contributed by atoms with Gasteiger partial charge in [-0.05, 0) is 55.5 Å². The van der Waals surface area contributed by atoms with Crippen LogP contribution in [-0.2, 0) is 4.79 Å². The lowest BCUT2D eigenvalue weighted by molar-refractivity contribution is -0.125. The topological polar surface area (TPSA) is 67.9 Å². The number of hydrogen-bond acceptors (Lipinski definition) is 4. The summed E-state index contributed by atoms with van der Waals surface area (Å²) in [6.45, 7) is 2.19. The molecule has 0 saturated carbocycles. The van der Waals surface area contributed by atoms with Crippen molar-refractivity contribution >= 4 is 23.2 Å². The van der Waals surface area contributed by atoms with Crippen LogP contribution in [0.1, 0.15) is 17.3 Å². The second-order valence-corrected chi connectivity index (χ2v) is 7.18. The zero-order chi connectivity index (χ0) is 22.7. The van der Waals surface area contributed by atoms with Gasteiger partial charge < -0.3 is 19.7 Å². The zero-order valence-electron chi connectivity index (χ0n) is 17.2. The summed E-state index contributed by atoms with van der Waals surface area (Å²) in [5, 5.41) is 2.63. The molecule has 0 saturated heterocycles. The Morgan fingerprint density at radius 1 is 1.06 bits per heavy atom. The molecule has 0 aliphatic carbocycles. The van der Waals surface area contributed by atoms with Crippen molar-refractivity contribution in [1.29, 1.82) is 0 Å². The Morgan fingerprint density at radius 2 is 1.84 bits per heavy atom. The summed E-state index contributed by atoms with van der Waals surface area (Å²) in [5.74, 6) is -1.82. The number of fused-ring (bicyclic) bond motifs is 1. The highest BCUT2D eigenvalue weighted by atomic mass is 19.2. The van der Waals surface area contributed by atoms with Crippen LogP contribution >= 0.6 is 0 Å². The monoisotopic (exact) mass is 438 g/mol. The number of nitrogens with zero attached hydrogens (tertiary/aromatic N) is 1. The van der Waals surface area contributed by atoms with Gasteiger partial charge in [-0.2, -0.15) is 0 Å². The number of hydrogen-bond donors (Lipinski definition) is 1. The highest BCUT2D eigenvalue weighted by Gasteiger charge is 2.31. The van der Waals surface area contributed by atoms with Crippen molar-refractivity contribution in [1.82, 2.24) is 0 Å². The molecule has 164 valence electrons. The SMILES string of the molecule is CC1Oc2ccc(NC(=O)c3ccc(F)c(F)c3)cc2N(CCOc2ccccc2)C1=O. The molecule has 0 radical (unpaired) electrons. The van der Waals surface area contributed by atoms with E-state index in [1.54, 1.807) is 30.0 Å². The van der Waals surface area contributed by atoms with E-state index in [9.17, 15) is 18.4 Å². The van der Waals surface area contributed by atoms with Gasteiger partial charge in [0.2, 0.25) is 0 Å². The van der Waals surface area contributed by atoms with Gasteiger partial charge in [-0.3, -0.25) is 9.59 Å². The summed E-state index contributed by atoms with van der Waals surface area (Å²) in [5.41, 5.74) is 0.821. The Labute approximate surface area is 183 Å². The molecular weight excluding hydrogens is 418 g/mol. The Bertz CT molecular complexity index is 1150. The van der Waals surface area contributed by atoms with Crippen molar-refractivity contribution in [3.05, 3.63) is 83.9 Å². The summed E-state index contributed by atoms with van der Waals surface area (Å²) in [6.07, 6.45) is -0.665. The molecule has 4 rings (SSSR count). The van der Waals surface area contributed by atoms with Crippen LogP contribution < -0.4 is 19.7 Å². The van der Waals surface area contributed by atoms with Crippen molar-refractivity contribution in [2.45, 2.75) is 13.0 Å². The van der Waals surface area contributed by atoms with Gasteiger partial charge in [-0.25, -0.2) is 8.78 Å². The maximum absolute atomic E-state index is 13.4. The molecule has 3 aromatic carbocycles. The largest absolute Gasteiger partial charge is 0.492 e. The molecule has 1 atom stereocenters. The van der Waals surface area contributed by atoms with E-state index in [2.05, 4.69) is 5.32 Å². The first-order valence-electron chi connectivity index (χ1n) is 9.99. The standard InChI is InChI=1S/C24H20F2N2O4/c1-15-24(30)28(11-12-31-18-5-3-2-4-6-18)21-14-17(8-10-22(21)32-15)27-23(29)16-7-9-19(25)20(26)13-16/h2-10,13-15H,11-12H2,1H3,(H,27,29). The quantitative estimate of drug-likeness (QED) is 0.619. The Kier molecular flexibility index (Phi) is 6.02. The lowest BCUT2D eigenvalue weighted by atomic mass is 10.1. The molecule has 8 heteroatoms. The number of ether oxygens (including phenoxy) is 2. The second kappa shape index (κ2) is 9.05. The van der Waals surface area contributed by atoms with Crippen LogP contribution in [-0.4, -0.2) is 31.1 Å². The highest BCUT2D eigenvalue weighted by molar-refractivity contribution is 6.05. The molecule has 1 unspecified atom stereocenters. The van der Waals surface area contributed by atoms with Crippen LogP contribution in [0.2, 0.25) is 0 Å². The number of halogens is 2. The molecular formula is C24H20F2N2O4. The number of carbonyl (C=O) groups is 2. The third-order valence-electron chi connectivity index (χ3n) is 4.93. The van der Waals surface area contributed by atoms with Gasteiger partial charge in [0, 0.05) is 11.3 Å². The lowest BCUT2D eigenvalue weighted by Gasteiger charge is -2.33. The average Bonchev–Trinajstić information content (AvgIpc) is 2.79. The van der Waals surface area contributed by atoms with Gasteiger partial charge >= 0.3 is 0 Å². The molecule has 0 bridgehead atoms. The maximum Gasteiger partial charge on any atom is 0.267 e. The minimum absolute atomic E-state index is 0.0318. The molecule has 1 aliphatic heterocycles. The van der Waals surface area contributed by atoms with Crippen molar-refractivity contribution < 1.29 is 27.8 Å². The number of amides is 2. The van der Waals surface area contributed by atoms with E-state index in [0.717, 1.165) is 12.1 Å². The summed E-state index contributed by atoms with van der Waals surface area (Å²) in [7, 11) is 0. The highest BCUT2D eigenvalue weighted by Crippen LogP contribution is 2.36. The van der Waals surface area contributed by atoms with Gasteiger partial charge in [0.15, 0.2) is 17.7 Å². The molecule has 3 aromatic rings. The van der Waals surface area contributed by atoms with Crippen LogP contribution in [0.4, 0.5) is 20.2 Å². The maximum atomic E-state index is 13.4. The minimum atomic E-state index is -1.11. The normalized spacial score (nSPS) is 15.0. The van der Waals surface area contributed by atoms with E-state index in [-0.39, 0.29) is 24.6 Å². The van der Waals surface area contributed by atoms with Crippen LogP contribution in [0, 0.1) is 11.6 Å². The fourth-order valence-electron chi connectivity index (χ4n) is 3.33. The number of rotatable bonds is 6. The molecule has 0 fully saturated rings. The second-order valence-electron chi connectivity index (χ2n) is 7.18. The lowest BCUT2D eigenvalue weighted by Crippen LogP contribution is -2.46. The zero-order valence-corrected chi connectivity index (χ0v) is 17.2. The van der Waals surface area contributed by atoms with Crippen LogP contribution in [0.15, 0.2) is 66.7 Å². The third-order valence-corrected chi connectivity index (χ3v) is 4.93. The smallest absolute Gasteiger partial charge is 0.267 e. The number of anilines is 2.